The smallest absolute Gasteiger partial charge is 0.177 e. The molecule has 0 fully saturated rings. The summed E-state index contributed by atoms with van der Waals surface area (Å²) in [5.74, 6) is 0.0840. The molecule has 0 bridgehead atoms. The first kappa shape index (κ1) is 15.2. The molecule has 0 radical (unpaired) electrons. The van der Waals surface area contributed by atoms with Crippen LogP contribution in [0.3, 0.4) is 0 Å². The van der Waals surface area contributed by atoms with Crippen LogP contribution in [0.4, 0.5) is 0 Å². The molecular weight excluding hydrogens is 299 g/mol. The Hall–Kier alpha value is 0.1000. The molecule has 0 aromatic carbocycles. The minimum Gasteiger partial charge on any atom is -0.293 e. The SMILES string of the molecule is CC(C)C(C)S(=O)CC(=O)c1cc(Cl)sc1Cl. The van der Waals surface area contributed by atoms with E-state index >= 15 is 0 Å². The van der Waals surface area contributed by atoms with Gasteiger partial charge < -0.3 is 0 Å². The number of ketones is 1. The molecule has 1 aromatic rings. The van der Waals surface area contributed by atoms with E-state index in [9.17, 15) is 9.00 Å². The molecule has 0 saturated heterocycles. The summed E-state index contributed by atoms with van der Waals surface area (Å²) in [6.07, 6.45) is 0. The van der Waals surface area contributed by atoms with Gasteiger partial charge in [0.15, 0.2) is 5.78 Å². The molecule has 0 aliphatic carbocycles. The van der Waals surface area contributed by atoms with Crippen LogP contribution in [-0.2, 0) is 10.8 Å². The van der Waals surface area contributed by atoms with Crippen molar-refractivity contribution >= 4 is 51.1 Å². The Morgan fingerprint density at radius 3 is 2.41 bits per heavy atom. The van der Waals surface area contributed by atoms with Gasteiger partial charge in [-0.2, -0.15) is 0 Å². The topological polar surface area (TPSA) is 34.1 Å². The number of hydrogen-bond donors (Lipinski definition) is 0. The average molecular weight is 313 g/mol. The minimum atomic E-state index is -1.17. The van der Waals surface area contributed by atoms with Gasteiger partial charge in [-0.15, -0.1) is 11.3 Å². The highest BCUT2D eigenvalue weighted by Gasteiger charge is 2.21. The Morgan fingerprint density at radius 2 is 2.00 bits per heavy atom. The fraction of sp³-hybridized carbons (Fsp3) is 0.545. The van der Waals surface area contributed by atoms with Gasteiger partial charge >= 0.3 is 0 Å². The largest absolute Gasteiger partial charge is 0.293 e. The Labute approximate surface area is 118 Å². The van der Waals surface area contributed by atoms with Crippen LogP contribution in [0, 0.1) is 5.92 Å². The molecule has 0 aliphatic heterocycles. The number of thiophene rings is 1. The Morgan fingerprint density at radius 1 is 1.41 bits per heavy atom. The molecular formula is C11H14Cl2O2S2. The highest BCUT2D eigenvalue weighted by molar-refractivity contribution is 7.86. The van der Waals surface area contributed by atoms with Crippen molar-refractivity contribution in [2.24, 2.45) is 5.92 Å². The number of Topliss-reactive ketones (excluding diaryl/α,β-unsaturated/α-hetero) is 1. The van der Waals surface area contributed by atoms with Crippen LogP contribution in [0.1, 0.15) is 31.1 Å². The first-order valence-electron chi connectivity index (χ1n) is 5.18. The molecule has 0 saturated carbocycles. The fourth-order valence-electron chi connectivity index (χ4n) is 1.17. The van der Waals surface area contributed by atoms with Gasteiger partial charge in [-0.05, 0) is 12.0 Å². The number of carbonyl (C=O) groups excluding carboxylic acids is 1. The van der Waals surface area contributed by atoms with Crippen molar-refractivity contribution in [1.29, 1.82) is 0 Å². The van der Waals surface area contributed by atoms with E-state index in [-0.39, 0.29) is 22.7 Å². The molecule has 96 valence electrons. The van der Waals surface area contributed by atoms with E-state index in [1.807, 2.05) is 20.8 Å². The van der Waals surface area contributed by atoms with Crippen molar-refractivity contribution in [2.45, 2.75) is 26.0 Å². The van der Waals surface area contributed by atoms with Crippen LogP contribution in [0.25, 0.3) is 0 Å². The lowest BCUT2D eigenvalue weighted by Gasteiger charge is -2.14. The maximum absolute atomic E-state index is 11.9. The van der Waals surface area contributed by atoms with E-state index in [2.05, 4.69) is 0 Å². The zero-order valence-electron chi connectivity index (χ0n) is 9.83. The van der Waals surface area contributed by atoms with Crippen molar-refractivity contribution in [3.8, 4) is 0 Å². The third kappa shape index (κ3) is 4.05. The van der Waals surface area contributed by atoms with E-state index in [1.54, 1.807) is 0 Å². The fourth-order valence-corrected chi connectivity index (χ4v) is 3.96. The Kier molecular flexibility index (Phi) is 5.64. The summed E-state index contributed by atoms with van der Waals surface area (Å²) in [4.78, 5) is 11.9. The summed E-state index contributed by atoms with van der Waals surface area (Å²) in [5, 5.41) is -0.00756. The predicted molar refractivity (Wildman–Crippen MR) is 76.0 cm³/mol. The first-order valence-corrected chi connectivity index (χ1v) is 8.13. The minimum absolute atomic E-state index is 0.00608. The maximum atomic E-state index is 11.9. The summed E-state index contributed by atoms with van der Waals surface area (Å²) in [6.45, 7) is 5.86. The van der Waals surface area contributed by atoms with Crippen LogP contribution in [0.5, 0.6) is 0 Å². The van der Waals surface area contributed by atoms with Crippen LogP contribution in [-0.4, -0.2) is 21.0 Å². The lowest BCUT2D eigenvalue weighted by Crippen LogP contribution is -2.23. The molecule has 0 N–H and O–H groups in total. The van der Waals surface area contributed by atoms with Crippen LogP contribution in [0.15, 0.2) is 6.07 Å². The molecule has 2 nitrogen and oxygen atoms in total. The molecule has 1 rings (SSSR count). The number of rotatable bonds is 5. The van der Waals surface area contributed by atoms with Crippen molar-refractivity contribution in [3.05, 3.63) is 20.3 Å². The van der Waals surface area contributed by atoms with Gasteiger partial charge in [-0.1, -0.05) is 44.0 Å². The van der Waals surface area contributed by atoms with Gasteiger partial charge in [0.05, 0.1) is 10.1 Å². The molecule has 0 amide bonds. The van der Waals surface area contributed by atoms with Crippen LogP contribution < -0.4 is 0 Å². The van der Waals surface area contributed by atoms with Gasteiger partial charge in [0, 0.05) is 21.6 Å². The predicted octanol–water partition coefficient (Wildman–Crippen LogP) is 4.03. The van der Waals surface area contributed by atoms with Crippen molar-refractivity contribution in [3.63, 3.8) is 0 Å². The summed E-state index contributed by atoms with van der Waals surface area (Å²) in [7, 11) is -1.17. The molecule has 1 heterocycles. The summed E-state index contributed by atoms with van der Waals surface area (Å²) < 4.78 is 12.7. The summed E-state index contributed by atoms with van der Waals surface area (Å²) >= 11 is 12.8. The third-order valence-electron chi connectivity index (χ3n) is 2.58. The number of halogens is 2. The standard InChI is InChI=1S/C11H14Cl2O2S2/c1-6(2)7(3)17(15)5-9(14)8-4-10(12)16-11(8)13/h4,6-7H,5H2,1-3H3. The zero-order valence-corrected chi connectivity index (χ0v) is 13.0. The van der Waals surface area contributed by atoms with Gasteiger partial charge in [-0.25, -0.2) is 0 Å². The molecule has 0 aliphatic rings. The van der Waals surface area contributed by atoms with Gasteiger partial charge in [0.25, 0.3) is 0 Å². The Bertz CT molecular complexity index is 441. The van der Waals surface area contributed by atoms with E-state index in [1.165, 1.54) is 6.07 Å². The van der Waals surface area contributed by atoms with Crippen molar-refractivity contribution in [1.82, 2.24) is 0 Å². The van der Waals surface area contributed by atoms with Gasteiger partial charge in [0.1, 0.15) is 4.34 Å². The van der Waals surface area contributed by atoms with E-state index < -0.39 is 10.8 Å². The molecule has 17 heavy (non-hydrogen) atoms. The highest BCUT2D eigenvalue weighted by Crippen LogP contribution is 2.31. The molecule has 2 unspecified atom stereocenters. The lowest BCUT2D eigenvalue weighted by atomic mass is 10.2. The Balaban J connectivity index is 2.73. The van der Waals surface area contributed by atoms with Gasteiger partial charge in [-0.3, -0.25) is 9.00 Å². The van der Waals surface area contributed by atoms with E-state index in [0.29, 0.717) is 14.2 Å². The molecule has 6 heteroatoms. The van der Waals surface area contributed by atoms with Gasteiger partial charge in [0.2, 0.25) is 0 Å². The molecule has 2 atom stereocenters. The third-order valence-corrected chi connectivity index (χ3v) is 5.99. The normalized spacial score (nSPS) is 14.9. The lowest BCUT2D eigenvalue weighted by molar-refractivity contribution is 0.102. The summed E-state index contributed by atoms with van der Waals surface area (Å²) in [6, 6.07) is 1.54. The maximum Gasteiger partial charge on any atom is 0.177 e. The second-order valence-electron chi connectivity index (χ2n) is 4.14. The quantitative estimate of drug-likeness (QED) is 0.769. The number of carbonyl (C=O) groups is 1. The second-order valence-corrected chi connectivity index (χ2v) is 8.21. The van der Waals surface area contributed by atoms with Crippen molar-refractivity contribution < 1.29 is 9.00 Å². The van der Waals surface area contributed by atoms with E-state index in [0.717, 1.165) is 11.3 Å². The zero-order chi connectivity index (χ0) is 13.2. The van der Waals surface area contributed by atoms with Crippen LogP contribution >= 0.6 is 34.5 Å². The summed E-state index contributed by atoms with van der Waals surface area (Å²) in [5.41, 5.74) is 0.381. The molecule has 0 spiro atoms. The number of hydrogen-bond acceptors (Lipinski definition) is 3. The molecule has 1 aromatic heterocycles. The second kappa shape index (κ2) is 6.32. The van der Waals surface area contributed by atoms with Crippen LogP contribution in [0.2, 0.25) is 8.67 Å². The van der Waals surface area contributed by atoms with Crippen molar-refractivity contribution in [2.75, 3.05) is 5.75 Å². The first-order chi connectivity index (χ1) is 7.82. The van der Waals surface area contributed by atoms with E-state index in [4.69, 9.17) is 23.2 Å². The average Bonchev–Trinajstić information content (AvgIpc) is 2.56. The highest BCUT2D eigenvalue weighted by atomic mass is 35.5. The monoisotopic (exact) mass is 312 g/mol.